The zero-order valence-corrected chi connectivity index (χ0v) is 23.0. The quantitative estimate of drug-likeness (QED) is 0.261. The molecule has 0 bridgehead atoms. The molecule has 4 rings (SSSR count). The van der Waals surface area contributed by atoms with Crippen molar-refractivity contribution in [3.8, 4) is 0 Å². The fourth-order valence-corrected chi connectivity index (χ4v) is 4.92. The maximum absolute atomic E-state index is 10.9. The average molecular weight is 496 g/mol. The summed E-state index contributed by atoms with van der Waals surface area (Å²) >= 11 is 1.29. The Bertz CT molecular complexity index is 1050. The summed E-state index contributed by atoms with van der Waals surface area (Å²) in [6.07, 6.45) is 10.4. The van der Waals surface area contributed by atoms with E-state index in [9.17, 15) is 9.59 Å². The molecule has 6 heteroatoms. The van der Waals surface area contributed by atoms with Gasteiger partial charge in [0.1, 0.15) is 11.6 Å². The highest BCUT2D eigenvalue weighted by Crippen LogP contribution is 2.31. The summed E-state index contributed by atoms with van der Waals surface area (Å²) in [5, 5.41) is 2.87. The summed E-state index contributed by atoms with van der Waals surface area (Å²) < 4.78 is 0. The van der Waals surface area contributed by atoms with E-state index < -0.39 is 11.6 Å². The van der Waals surface area contributed by atoms with Crippen LogP contribution in [0.2, 0.25) is 0 Å². The Morgan fingerprint density at radius 2 is 1.71 bits per heavy atom. The number of hydrogen-bond acceptors (Lipinski definition) is 6. The number of Topliss-reactive ketones (excluding diaryl/α,β-unsaturated/α-hetero) is 2. The second-order valence-electron chi connectivity index (χ2n) is 9.64. The molecule has 1 fully saturated rings. The molecule has 0 saturated heterocycles. The number of hydrogen-bond donors (Lipinski definition) is 0. The number of carbonyl (C=O) groups excluding carboxylic acids is 2. The minimum atomic E-state index is -0.401. The highest BCUT2D eigenvalue weighted by atomic mass is 32.1. The first-order valence-corrected chi connectivity index (χ1v) is 13.6. The highest BCUT2D eigenvalue weighted by molar-refractivity contribution is 7.13. The van der Waals surface area contributed by atoms with E-state index in [1.54, 1.807) is 17.5 Å². The van der Waals surface area contributed by atoms with Gasteiger partial charge in [-0.25, -0.2) is 9.97 Å². The molecular formula is C29H41N3O2S. The SMILES string of the molecule is CC(=O)C(=O)c1cccs1.CCCCC1CCC(C)CC1.Cc1nc(N(C)C)c2ccccc2n1. The number of anilines is 1. The van der Waals surface area contributed by atoms with Gasteiger partial charge in [0.15, 0.2) is 0 Å². The number of nitrogens with zero attached hydrogens (tertiary/aromatic N) is 3. The molecule has 35 heavy (non-hydrogen) atoms. The predicted octanol–water partition coefficient (Wildman–Crippen LogP) is 7.53. The van der Waals surface area contributed by atoms with Crippen molar-refractivity contribution in [1.82, 2.24) is 9.97 Å². The van der Waals surface area contributed by atoms with E-state index in [1.165, 1.54) is 63.2 Å². The lowest BCUT2D eigenvalue weighted by Gasteiger charge is -2.25. The Balaban J connectivity index is 0.000000189. The number of para-hydroxylation sites is 1. The molecule has 5 nitrogen and oxygen atoms in total. The van der Waals surface area contributed by atoms with Gasteiger partial charge in [0.2, 0.25) is 11.6 Å². The number of unbranched alkanes of at least 4 members (excludes halogenated alkanes) is 1. The molecule has 1 aliphatic rings. The molecule has 0 aliphatic heterocycles. The molecular weight excluding hydrogens is 454 g/mol. The highest BCUT2D eigenvalue weighted by Gasteiger charge is 2.17. The summed E-state index contributed by atoms with van der Waals surface area (Å²) in [7, 11) is 3.99. The fourth-order valence-electron chi connectivity index (χ4n) is 4.21. The number of ketones is 2. The van der Waals surface area contributed by atoms with Gasteiger partial charge in [-0.2, -0.15) is 0 Å². The number of carbonyl (C=O) groups is 2. The number of thiophene rings is 1. The van der Waals surface area contributed by atoms with Crippen LogP contribution in [0.3, 0.4) is 0 Å². The summed E-state index contributed by atoms with van der Waals surface area (Å²) in [6, 6.07) is 11.5. The van der Waals surface area contributed by atoms with E-state index in [0.717, 1.165) is 34.4 Å². The first kappa shape index (κ1) is 28.6. The van der Waals surface area contributed by atoms with Crippen LogP contribution in [0.15, 0.2) is 41.8 Å². The second kappa shape index (κ2) is 14.7. The van der Waals surface area contributed by atoms with Crippen molar-refractivity contribution in [2.75, 3.05) is 19.0 Å². The van der Waals surface area contributed by atoms with E-state index in [4.69, 9.17) is 0 Å². The third-order valence-electron chi connectivity index (χ3n) is 6.28. The minimum absolute atomic E-state index is 0.394. The minimum Gasteiger partial charge on any atom is -0.362 e. The molecule has 0 atom stereocenters. The van der Waals surface area contributed by atoms with Crippen LogP contribution in [-0.4, -0.2) is 35.6 Å². The molecule has 0 spiro atoms. The van der Waals surface area contributed by atoms with E-state index in [2.05, 4.69) is 23.8 Å². The van der Waals surface area contributed by atoms with E-state index in [-0.39, 0.29) is 0 Å². The smallest absolute Gasteiger partial charge is 0.238 e. The van der Waals surface area contributed by atoms with Crippen molar-refractivity contribution in [2.24, 2.45) is 11.8 Å². The molecule has 3 aromatic rings. The van der Waals surface area contributed by atoms with Gasteiger partial charge in [0.25, 0.3) is 0 Å². The third-order valence-corrected chi connectivity index (χ3v) is 7.15. The Morgan fingerprint density at radius 1 is 1.03 bits per heavy atom. The van der Waals surface area contributed by atoms with Crippen molar-refractivity contribution in [1.29, 1.82) is 0 Å². The van der Waals surface area contributed by atoms with E-state index >= 15 is 0 Å². The normalized spacial score (nSPS) is 17.0. The van der Waals surface area contributed by atoms with Gasteiger partial charge in [-0.1, -0.05) is 77.0 Å². The lowest BCUT2D eigenvalue weighted by atomic mass is 9.81. The van der Waals surface area contributed by atoms with Crippen LogP contribution in [0, 0.1) is 18.8 Å². The van der Waals surface area contributed by atoms with E-state index in [1.807, 2.05) is 50.2 Å². The molecule has 0 amide bonds. The third kappa shape index (κ3) is 9.52. The van der Waals surface area contributed by atoms with Crippen LogP contribution in [-0.2, 0) is 4.79 Å². The topological polar surface area (TPSA) is 63.2 Å². The standard InChI is InChI=1S/C11H13N3.C11H22.C7H6O2S/c1-8-12-10-7-5-4-6-9(10)11(13-8)14(2)3;1-3-4-5-11-8-6-10(2)7-9-11;1-5(8)7(9)6-3-2-4-10-6/h4-7H,1-3H3;10-11H,3-9H2,1-2H3;2-4H,1H3. The maximum atomic E-state index is 10.9. The average Bonchev–Trinajstić information content (AvgIpc) is 3.38. The van der Waals surface area contributed by atoms with Crippen LogP contribution < -0.4 is 4.90 Å². The Labute approximate surface area is 215 Å². The second-order valence-corrected chi connectivity index (χ2v) is 10.6. The molecule has 190 valence electrons. The number of aryl methyl sites for hydroxylation is 1. The number of rotatable bonds is 6. The maximum Gasteiger partial charge on any atom is 0.238 e. The van der Waals surface area contributed by atoms with Crippen LogP contribution >= 0.6 is 11.3 Å². The first-order valence-electron chi connectivity index (χ1n) is 12.7. The van der Waals surface area contributed by atoms with E-state index in [0.29, 0.717) is 4.88 Å². The number of fused-ring (bicyclic) bond motifs is 1. The van der Waals surface area contributed by atoms with Crippen molar-refractivity contribution < 1.29 is 9.59 Å². The van der Waals surface area contributed by atoms with Crippen LogP contribution in [0.1, 0.15) is 81.2 Å². The fraction of sp³-hybridized carbons (Fsp3) is 0.517. The Morgan fingerprint density at radius 3 is 2.29 bits per heavy atom. The Hall–Kier alpha value is -2.60. The summed E-state index contributed by atoms with van der Waals surface area (Å²) in [4.78, 5) is 32.7. The van der Waals surface area contributed by atoms with Gasteiger partial charge >= 0.3 is 0 Å². The molecule has 0 N–H and O–H groups in total. The zero-order valence-electron chi connectivity index (χ0n) is 22.2. The summed E-state index contributed by atoms with van der Waals surface area (Å²) in [5.74, 6) is 3.11. The molecule has 1 saturated carbocycles. The molecule has 2 aromatic heterocycles. The van der Waals surface area contributed by atoms with Gasteiger partial charge in [0.05, 0.1) is 10.4 Å². The van der Waals surface area contributed by atoms with Gasteiger partial charge in [-0.3, -0.25) is 9.59 Å². The van der Waals surface area contributed by atoms with Crippen LogP contribution in [0.5, 0.6) is 0 Å². The summed E-state index contributed by atoms with van der Waals surface area (Å²) in [5.41, 5.74) is 1.00. The molecule has 2 heterocycles. The molecule has 1 aromatic carbocycles. The van der Waals surface area contributed by atoms with Gasteiger partial charge < -0.3 is 4.90 Å². The van der Waals surface area contributed by atoms with Gasteiger partial charge in [0, 0.05) is 26.4 Å². The van der Waals surface area contributed by atoms with Crippen molar-refractivity contribution in [3.05, 3.63) is 52.5 Å². The number of aromatic nitrogens is 2. The number of benzene rings is 1. The van der Waals surface area contributed by atoms with Crippen molar-refractivity contribution in [2.45, 2.75) is 72.6 Å². The van der Waals surface area contributed by atoms with Crippen LogP contribution in [0.25, 0.3) is 10.9 Å². The van der Waals surface area contributed by atoms with Gasteiger partial charge in [-0.05, 0) is 42.3 Å². The molecule has 1 aliphatic carbocycles. The lowest BCUT2D eigenvalue weighted by molar-refractivity contribution is -0.113. The largest absolute Gasteiger partial charge is 0.362 e. The monoisotopic (exact) mass is 495 g/mol. The zero-order chi connectivity index (χ0) is 25.8. The summed E-state index contributed by atoms with van der Waals surface area (Å²) in [6.45, 7) is 7.89. The van der Waals surface area contributed by atoms with Crippen molar-refractivity contribution >= 4 is 39.6 Å². The first-order chi connectivity index (χ1) is 16.7. The van der Waals surface area contributed by atoms with Crippen molar-refractivity contribution in [3.63, 3.8) is 0 Å². The molecule has 0 unspecified atom stereocenters. The lowest BCUT2D eigenvalue weighted by Crippen LogP contribution is -2.12. The Kier molecular flexibility index (Phi) is 12.0. The van der Waals surface area contributed by atoms with Gasteiger partial charge in [-0.15, -0.1) is 11.3 Å². The predicted molar refractivity (Wildman–Crippen MR) is 149 cm³/mol. The molecule has 0 radical (unpaired) electrons. The van der Waals surface area contributed by atoms with Crippen LogP contribution in [0.4, 0.5) is 5.82 Å².